The van der Waals surface area contributed by atoms with Crippen molar-refractivity contribution in [2.24, 2.45) is 16.3 Å². The average Bonchev–Trinajstić information content (AvgIpc) is 2.75. The highest BCUT2D eigenvalue weighted by atomic mass is 16.4. The quantitative estimate of drug-likeness (QED) is 0.604. The van der Waals surface area contributed by atoms with Gasteiger partial charge in [0.15, 0.2) is 0 Å². The van der Waals surface area contributed by atoms with Gasteiger partial charge in [0.2, 0.25) is 5.91 Å². The molecule has 0 aromatic heterocycles. The van der Waals surface area contributed by atoms with E-state index in [9.17, 15) is 14.4 Å². The highest BCUT2D eigenvalue weighted by molar-refractivity contribution is 6.46. The fourth-order valence-corrected chi connectivity index (χ4v) is 4.75. The van der Waals surface area contributed by atoms with Crippen LogP contribution in [0.2, 0.25) is 0 Å². The highest BCUT2D eigenvalue weighted by Crippen LogP contribution is 2.31. The number of amides is 2. The third kappa shape index (κ3) is 6.17. The summed E-state index contributed by atoms with van der Waals surface area (Å²) in [4.78, 5) is 41.7. The van der Waals surface area contributed by atoms with Crippen LogP contribution < -0.4 is 10.6 Å². The number of carboxylic acids is 1. The normalized spacial score (nSPS) is 20.0. The van der Waals surface area contributed by atoms with Gasteiger partial charge >= 0.3 is 5.97 Å². The van der Waals surface area contributed by atoms with Gasteiger partial charge in [0.1, 0.15) is 18.3 Å². The molecule has 3 rings (SSSR count). The molecule has 1 aromatic rings. The number of nitrogens with one attached hydrogen (secondary N) is 2. The first kappa shape index (κ1) is 24.0. The van der Waals surface area contributed by atoms with Crippen LogP contribution in [0.15, 0.2) is 29.3 Å². The monoisotopic (exact) mass is 441 g/mol. The number of carbonyl (C=O) groups is 3. The molecule has 0 spiro atoms. The number of hydrogen-bond donors (Lipinski definition) is 3. The van der Waals surface area contributed by atoms with E-state index in [-0.39, 0.29) is 6.04 Å². The molecule has 1 aromatic carbocycles. The van der Waals surface area contributed by atoms with Gasteiger partial charge in [0.05, 0.1) is 6.04 Å². The van der Waals surface area contributed by atoms with Crippen molar-refractivity contribution >= 4 is 23.5 Å². The van der Waals surface area contributed by atoms with Crippen molar-refractivity contribution in [3.63, 3.8) is 0 Å². The minimum Gasteiger partial charge on any atom is -0.480 e. The maximum Gasteiger partial charge on any atom is 0.322 e. The summed E-state index contributed by atoms with van der Waals surface area (Å²) in [5, 5.41) is 14.1. The van der Waals surface area contributed by atoms with E-state index in [2.05, 4.69) is 10.6 Å². The molecule has 0 saturated heterocycles. The Morgan fingerprint density at radius 2 is 1.81 bits per heavy atom. The first-order valence-electron chi connectivity index (χ1n) is 11.6. The molecule has 0 radical (unpaired) electrons. The van der Waals surface area contributed by atoms with Crippen LogP contribution in [-0.4, -0.2) is 47.2 Å². The number of fused-ring (bicyclic) bond motifs is 1. The smallest absolute Gasteiger partial charge is 0.322 e. The molecule has 1 aliphatic heterocycles. The summed E-state index contributed by atoms with van der Waals surface area (Å²) < 4.78 is 0. The van der Waals surface area contributed by atoms with E-state index in [1.807, 2.05) is 45.0 Å². The molecule has 0 bridgehead atoms. The maximum atomic E-state index is 13.4. The molecule has 7 nitrogen and oxygen atoms in total. The van der Waals surface area contributed by atoms with E-state index in [0.29, 0.717) is 11.6 Å². The summed E-state index contributed by atoms with van der Waals surface area (Å²) in [5.41, 5.74) is 1.68. The van der Waals surface area contributed by atoms with Crippen LogP contribution in [0.5, 0.6) is 0 Å². The first-order chi connectivity index (χ1) is 15.1. The number of benzene rings is 1. The number of hydrogen-bond acceptors (Lipinski definition) is 4. The lowest BCUT2D eigenvalue weighted by atomic mass is 9.82. The Hall–Kier alpha value is -2.70. The molecule has 3 N–H and O–H groups in total. The Morgan fingerprint density at radius 1 is 1.12 bits per heavy atom. The van der Waals surface area contributed by atoms with Gasteiger partial charge in [-0.1, -0.05) is 77.1 Å². The molecule has 2 unspecified atom stereocenters. The summed E-state index contributed by atoms with van der Waals surface area (Å²) in [6.07, 6.45) is 8.10. The maximum absolute atomic E-state index is 13.4. The van der Waals surface area contributed by atoms with E-state index in [1.165, 1.54) is 32.1 Å². The van der Waals surface area contributed by atoms with Crippen molar-refractivity contribution in [1.82, 2.24) is 10.6 Å². The van der Waals surface area contributed by atoms with Crippen LogP contribution in [0, 0.1) is 11.3 Å². The summed E-state index contributed by atoms with van der Waals surface area (Å²) in [6.45, 7) is 5.01. The van der Waals surface area contributed by atoms with Crippen molar-refractivity contribution in [3.05, 3.63) is 35.4 Å². The molecular formula is C25H35N3O4. The van der Waals surface area contributed by atoms with Gasteiger partial charge in [-0.15, -0.1) is 0 Å². The van der Waals surface area contributed by atoms with E-state index in [0.717, 1.165) is 24.0 Å². The first-order valence-corrected chi connectivity index (χ1v) is 11.6. The van der Waals surface area contributed by atoms with E-state index >= 15 is 0 Å². The van der Waals surface area contributed by atoms with Gasteiger partial charge in [0, 0.05) is 5.56 Å². The second kappa shape index (κ2) is 10.3. The Kier molecular flexibility index (Phi) is 7.69. The standard InChI is InChI=1S/C25H35N3O4/c1-25(2,3)22(24(32)26-15-20(29)30)28-23(31)21-19-12-8-7-11-17(19)14-18(27-21)13-16-9-5-4-6-10-16/h7-8,11-12,16,18,22H,4-6,9-10,13-15H2,1-3H3,(H,26,32)(H,28,31)(H,29,30). The van der Waals surface area contributed by atoms with E-state index in [4.69, 9.17) is 10.1 Å². The van der Waals surface area contributed by atoms with Crippen LogP contribution in [-0.2, 0) is 20.8 Å². The second-order valence-corrected chi connectivity index (χ2v) is 10.1. The molecule has 1 saturated carbocycles. The van der Waals surface area contributed by atoms with E-state index < -0.39 is 35.8 Å². The molecule has 2 amide bonds. The predicted molar refractivity (Wildman–Crippen MR) is 124 cm³/mol. The number of carboxylic acid groups (broad SMARTS) is 1. The Bertz CT molecular complexity index is 881. The summed E-state index contributed by atoms with van der Waals surface area (Å²) in [5.74, 6) is -1.39. The minimum atomic E-state index is -1.13. The van der Waals surface area contributed by atoms with Crippen LogP contribution >= 0.6 is 0 Å². The van der Waals surface area contributed by atoms with Crippen molar-refractivity contribution < 1.29 is 19.5 Å². The predicted octanol–water partition coefficient (Wildman–Crippen LogP) is 3.10. The second-order valence-electron chi connectivity index (χ2n) is 10.1. The SMILES string of the molecule is CC(C)(C)C(NC(=O)C1=NC(CC2CCCCC2)Cc2ccccc21)C(=O)NCC(=O)O. The number of aliphatic carboxylic acids is 1. The third-order valence-corrected chi connectivity index (χ3v) is 6.40. The molecule has 1 aliphatic carbocycles. The third-order valence-electron chi connectivity index (χ3n) is 6.40. The van der Waals surface area contributed by atoms with Crippen LogP contribution in [0.3, 0.4) is 0 Å². The minimum absolute atomic E-state index is 0.0580. The number of rotatable bonds is 7. The zero-order valence-corrected chi connectivity index (χ0v) is 19.3. The fourth-order valence-electron chi connectivity index (χ4n) is 4.75. The Morgan fingerprint density at radius 3 is 2.47 bits per heavy atom. The van der Waals surface area contributed by atoms with Crippen molar-refractivity contribution in [1.29, 1.82) is 0 Å². The van der Waals surface area contributed by atoms with Gasteiger partial charge in [-0.05, 0) is 29.7 Å². The van der Waals surface area contributed by atoms with Crippen LogP contribution in [0.25, 0.3) is 0 Å². The average molecular weight is 442 g/mol. The van der Waals surface area contributed by atoms with Crippen molar-refractivity contribution in [2.45, 2.75) is 77.8 Å². The Labute approximate surface area is 190 Å². The van der Waals surface area contributed by atoms with Gasteiger partial charge in [-0.2, -0.15) is 0 Å². The largest absolute Gasteiger partial charge is 0.480 e. The number of carbonyl (C=O) groups excluding carboxylic acids is 2. The van der Waals surface area contributed by atoms with Crippen molar-refractivity contribution in [2.75, 3.05) is 6.54 Å². The van der Waals surface area contributed by atoms with Gasteiger partial charge in [-0.25, -0.2) is 0 Å². The topological polar surface area (TPSA) is 108 Å². The molecule has 1 heterocycles. The van der Waals surface area contributed by atoms with Gasteiger partial charge < -0.3 is 15.7 Å². The number of nitrogens with zero attached hydrogens (tertiary/aromatic N) is 1. The summed E-state index contributed by atoms with van der Waals surface area (Å²) >= 11 is 0. The van der Waals surface area contributed by atoms with Crippen molar-refractivity contribution in [3.8, 4) is 0 Å². The molecule has 2 aliphatic rings. The van der Waals surface area contributed by atoms with Gasteiger partial charge in [-0.3, -0.25) is 19.4 Å². The lowest BCUT2D eigenvalue weighted by Gasteiger charge is -2.32. The van der Waals surface area contributed by atoms with Crippen LogP contribution in [0.4, 0.5) is 0 Å². The summed E-state index contributed by atoms with van der Waals surface area (Å²) in [7, 11) is 0. The zero-order chi connectivity index (χ0) is 23.3. The molecule has 2 atom stereocenters. The fraction of sp³-hybridized carbons (Fsp3) is 0.600. The van der Waals surface area contributed by atoms with Crippen LogP contribution in [0.1, 0.15) is 70.4 Å². The van der Waals surface area contributed by atoms with Gasteiger partial charge in [0.25, 0.3) is 5.91 Å². The zero-order valence-electron chi connectivity index (χ0n) is 19.3. The molecule has 32 heavy (non-hydrogen) atoms. The molecule has 1 fully saturated rings. The lowest BCUT2D eigenvalue weighted by molar-refractivity contribution is -0.138. The highest BCUT2D eigenvalue weighted by Gasteiger charge is 2.35. The summed E-state index contributed by atoms with van der Waals surface area (Å²) in [6, 6.07) is 7.00. The Balaban J connectivity index is 1.81. The molecule has 174 valence electrons. The number of aliphatic imine (C=N–C) groups is 1. The molecule has 7 heteroatoms. The molecular weight excluding hydrogens is 406 g/mol. The lowest BCUT2D eigenvalue weighted by Crippen LogP contribution is -2.56. The van der Waals surface area contributed by atoms with E-state index in [1.54, 1.807) is 0 Å².